The molecular formula is C13H13ClN2. The van der Waals surface area contributed by atoms with Gasteiger partial charge in [0.05, 0.1) is 5.52 Å². The molecule has 0 atom stereocenters. The average Bonchev–Trinajstić information content (AvgIpc) is 3.01. The van der Waals surface area contributed by atoms with Crippen LogP contribution in [-0.2, 0) is 6.42 Å². The second-order valence-electron chi connectivity index (χ2n) is 4.64. The molecule has 1 fully saturated rings. The molecule has 0 unspecified atom stereocenters. The first-order valence-corrected chi connectivity index (χ1v) is 5.87. The summed E-state index contributed by atoms with van der Waals surface area (Å²) in [5.41, 5.74) is 8.21. The maximum Gasteiger partial charge on any atom is 0.0749 e. The average molecular weight is 233 g/mol. The number of hydrogen-bond acceptors (Lipinski definition) is 2. The van der Waals surface area contributed by atoms with Gasteiger partial charge in [-0.1, -0.05) is 23.7 Å². The summed E-state index contributed by atoms with van der Waals surface area (Å²) in [6.07, 6.45) is 4.82. The maximum atomic E-state index is 6.24. The van der Waals surface area contributed by atoms with E-state index < -0.39 is 0 Å². The van der Waals surface area contributed by atoms with Gasteiger partial charge >= 0.3 is 0 Å². The molecule has 1 aliphatic rings. The first-order valence-electron chi connectivity index (χ1n) is 5.49. The summed E-state index contributed by atoms with van der Waals surface area (Å²) >= 11 is 6.24. The zero-order chi connectivity index (χ0) is 11.2. The first kappa shape index (κ1) is 10.1. The summed E-state index contributed by atoms with van der Waals surface area (Å²) in [5, 5.41) is 1.91. The predicted octanol–water partition coefficient (Wildman–Crippen LogP) is 2.92. The van der Waals surface area contributed by atoms with E-state index in [9.17, 15) is 0 Å². The smallest absolute Gasteiger partial charge is 0.0749 e. The summed E-state index contributed by atoms with van der Waals surface area (Å²) in [7, 11) is 0. The van der Waals surface area contributed by atoms with Crippen LogP contribution >= 0.6 is 11.6 Å². The van der Waals surface area contributed by atoms with Crippen molar-refractivity contribution in [1.82, 2.24) is 4.98 Å². The van der Waals surface area contributed by atoms with Crippen LogP contribution in [0.15, 0.2) is 30.5 Å². The lowest BCUT2D eigenvalue weighted by Crippen LogP contribution is -2.24. The fraction of sp³-hybridized carbons (Fsp3) is 0.308. The number of halogens is 1. The SMILES string of the molecule is NC1(Cc2c(Cl)ccc3cccnc23)CC1. The van der Waals surface area contributed by atoms with Crippen LogP contribution in [-0.4, -0.2) is 10.5 Å². The molecular weight excluding hydrogens is 220 g/mol. The molecule has 0 aliphatic heterocycles. The van der Waals surface area contributed by atoms with Crippen molar-refractivity contribution < 1.29 is 0 Å². The van der Waals surface area contributed by atoms with Crippen molar-refractivity contribution in [2.24, 2.45) is 5.73 Å². The van der Waals surface area contributed by atoms with E-state index >= 15 is 0 Å². The van der Waals surface area contributed by atoms with Gasteiger partial charge in [0.15, 0.2) is 0 Å². The Morgan fingerprint density at radius 3 is 2.88 bits per heavy atom. The van der Waals surface area contributed by atoms with Crippen LogP contribution in [0.5, 0.6) is 0 Å². The van der Waals surface area contributed by atoms with Gasteiger partial charge in [-0.25, -0.2) is 0 Å². The van der Waals surface area contributed by atoms with Crippen LogP contribution in [0.25, 0.3) is 10.9 Å². The van der Waals surface area contributed by atoms with E-state index in [2.05, 4.69) is 11.1 Å². The topological polar surface area (TPSA) is 38.9 Å². The van der Waals surface area contributed by atoms with E-state index in [1.165, 1.54) is 0 Å². The fourth-order valence-corrected chi connectivity index (χ4v) is 2.26. The Labute approximate surface area is 99.4 Å². The minimum atomic E-state index is -0.0323. The van der Waals surface area contributed by atoms with E-state index in [-0.39, 0.29) is 5.54 Å². The molecule has 1 heterocycles. The van der Waals surface area contributed by atoms with Gasteiger partial charge in [0.25, 0.3) is 0 Å². The van der Waals surface area contributed by atoms with E-state index in [4.69, 9.17) is 17.3 Å². The Kier molecular flexibility index (Phi) is 2.16. The highest BCUT2D eigenvalue weighted by molar-refractivity contribution is 6.32. The molecule has 3 heteroatoms. The monoisotopic (exact) mass is 232 g/mol. The molecule has 16 heavy (non-hydrogen) atoms. The van der Waals surface area contributed by atoms with E-state index in [0.29, 0.717) is 0 Å². The van der Waals surface area contributed by atoms with E-state index in [1.54, 1.807) is 6.20 Å². The third-order valence-corrected chi connectivity index (χ3v) is 3.60. The Morgan fingerprint density at radius 1 is 1.31 bits per heavy atom. The van der Waals surface area contributed by atoms with Crippen LogP contribution in [0.3, 0.4) is 0 Å². The largest absolute Gasteiger partial charge is 0.325 e. The normalized spacial score (nSPS) is 17.6. The van der Waals surface area contributed by atoms with Gasteiger partial charge in [-0.05, 0) is 37.0 Å². The fourth-order valence-electron chi connectivity index (χ4n) is 2.04. The molecule has 0 radical (unpaired) electrons. The molecule has 1 saturated carbocycles. The van der Waals surface area contributed by atoms with E-state index in [0.717, 1.165) is 40.8 Å². The van der Waals surface area contributed by atoms with Crippen molar-refractivity contribution in [2.45, 2.75) is 24.8 Å². The number of benzene rings is 1. The standard InChI is InChI=1S/C13H13ClN2/c14-11-4-3-9-2-1-7-16-12(9)10(11)8-13(15)5-6-13/h1-4,7H,5-6,8,15H2. The number of hydrogen-bond donors (Lipinski definition) is 1. The second-order valence-corrected chi connectivity index (χ2v) is 5.05. The number of nitrogens with two attached hydrogens (primary N) is 1. The van der Waals surface area contributed by atoms with Crippen molar-refractivity contribution in [3.05, 3.63) is 41.0 Å². The van der Waals surface area contributed by atoms with Crippen LogP contribution in [0.1, 0.15) is 18.4 Å². The first-order chi connectivity index (χ1) is 7.68. The number of fused-ring (bicyclic) bond motifs is 1. The van der Waals surface area contributed by atoms with Crippen LogP contribution in [0.4, 0.5) is 0 Å². The van der Waals surface area contributed by atoms with Gasteiger partial charge < -0.3 is 5.73 Å². The highest BCUT2D eigenvalue weighted by atomic mass is 35.5. The Bertz CT molecular complexity index is 547. The molecule has 2 nitrogen and oxygen atoms in total. The molecule has 1 aromatic carbocycles. The lowest BCUT2D eigenvalue weighted by Gasteiger charge is -2.12. The van der Waals surface area contributed by atoms with Gasteiger partial charge in [-0.2, -0.15) is 0 Å². The summed E-state index contributed by atoms with van der Waals surface area (Å²) in [5.74, 6) is 0. The molecule has 2 N–H and O–H groups in total. The quantitative estimate of drug-likeness (QED) is 0.865. The van der Waals surface area contributed by atoms with Gasteiger partial charge in [0.1, 0.15) is 0 Å². The Hall–Kier alpha value is -1.12. The van der Waals surface area contributed by atoms with Crippen molar-refractivity contribution in [3.8, 4) is 0 Å². The zero-order valence-electron chi connectivity index (χ0n) is 8.91. The van der Waals surface area contributed by atoms with Crippen LogP contribution in [0, 0.1) is 0 Å². The van der Waals surface area contributed by atoms with Gasteiger partial charge in [0.2, 0.25) is 0 Å². The molecule has 2 aromatic rings. The predicted molar refractivity (Wildman–Crippen MR) is 66.6 cm³/mol. The van der Waals surface area contributed by atoms with Crippen molar-refractivity contribution in [2.75, 3.05) is 0 Å². The highest BCUT2D eigenvalue weighted by Crippen LogP contribution is 2.38. The number of aromatic nitrogens is 1. The Balaban J connectivity index is 2.16. The molecule has 3 rings (SSSR count). The number of pyridine rings is 1. The van der Waals surface area contributed by atoms with Crippen molar-refractivity contribution in [1.29, 1.82) is 0 Å². The lowest BCUT2D eigenvalue weighted by molar-refractivity contribution is 0.674. The zero-order valence-corrected chi connectivity index (χ0v) is 9.67. The summed E-state index contributed by atoms with van der Waals surface area (Å²) in [4.78, 5) is 4.41. The maximum absolute atomic E-state index is 6.24. The molecule has 0 spiro atoms. The minimum absolute atomic E-state index is 0.0323. The van der Waals surface area contributed by atoms with Crippen LogP contribution in [0.2, 0.25) is 5.02 Å². The van der Waals surface area contributed by atoms with Crippen molar-refractivity contribution in [3.63, 3.8) is 0 Å². The third kappa shape index (κ3) is 1.68. The summed E-state index contributed by atoms with van der Waals surface area (Å²) < 4.78 is 0. The summed E-state index contributed by atoms with van der Waals surface area (Å²) in [6, 6.07) is 7.94. The van der Waals surface area contributed by atoms with Crippen LogP contribution < -0.4 is 5.73 Å². The van der Waals surface area contributed by atoms with Gasteiger partial charge in [-0.3, -0.25) is 4.98 Å². The highest BCUT2D eigenvalue weighted by Gasteiger charge is 2.39. The van der Waals surface area contributed by atoms with Crippen molar-refractivity contribution >= 4 is 22.5 Å². The molecule has 1 aliphatic carbocycles. The second kappa shape index (κ2) is 3.44. The minimum Gasteiger partial charge on any atom is -0.325 e. The molecule has 0 saturated heterocycles. The molecule has 82 valence electrons. The van der Waals surface area contributed by atoms with E-state index in [1.807, 2.05) is 18.2 Å². The van der Waals surface area contributed by atoms with Gasteiger partial charge in [-0.15, -0.1) is 0 Å². The third-order valence-electron chi connectivity index (χ3n) is 3.24. The molecule has 0 bridgehead atoms. The molecule has 1 aromatic heterocycles. The number of rotatable bonds is 2. The van der Waals surface area contributed by atoms with Gasteiger partial charge in [0, 0.05) is 22.1 Å². The Morgan fingerprint density at radius 2 is 2.12 bits per heavy atom. The number of nitrogens with zero attached hydrogens (tertiary/aromatic N) is 1. The lowest BCUT2D eigenvalue weighted by atomic mass is 10.0. The molecule has 0 amide bonds. The summed E-state index contributed by atoms with van der Waals surface area (Å²) in [6.45, 7) is 0.